The zero-order valence-corrected chi connectivity index (χ0v) is 12.5. The van der Waals surface area contributed by atoms with Gasteiger partial charge in [0.25, 0.3) is 0 Å². The SMILES string of the molecule is CCCCOC(=O)[C@@H](C)[C@@H](C)OC(=O)[C@@H](O)C(C)C. The number of esters is 2. The number of unbranched alkanes of at least 4 members (excludes halogenated alkanes) is 1. The number of hydrogen-bond donors (Lipinski definition) is 1. The van der Waals surface area contributed by atoms with Crippen molar-refractivity contribution in [3.05, 3.63) is 0 Å². The van der Waals surface area contributed by atoms with Crippen molar-refractivity contribution in [3.8, 4) is 0 Å². The molecule has 3 atom stereocenters. The second kappa shape index (κ2) is 8.91. The van der Waals surface area contributed by atoms with Gasteiger partial charge in [-0.1, -0.05) is 27.2 Å². The minimum absolute atomic E-state index is 0.216. The van der Waals surface area contributed by atoms with Crippen LogP contribution in [-0.2, 0) is 19.1 Å². The van der Waals surface area contributed by atoms with Crippen LogP contribution in [0.15, 0.2) is 0 Å². The molecule has 0 aromatic carbocycles. The minimum Gasteiger partial charge on any atom is -0.465 e. The third-order valence-corrected chi connectivity index (χ3v) is 2.99. The third-order valence-electron chi connectivity index (χ3n) is 2.99. The van der Waals surface area contributed by atoms with Crippen molar-refractivity contribution in [2.24, 2.45) is 11.8 Å². The predicted octanol–water partition coefficient (Wildman–Crippen LogP) is 1.91. The van der Waals surface area contributed by atoms with E-state index in [4.69, 9.17) is 9.47 Å². The summed E-state index contributed by atoms with van der Waals surface area (Å²) in [6.45, 7) is 9.10. The molecule has 0 saturated carbocycles. The number of aliphatic hydroxyl groups excluding tert-OH is 1. The molecule has 0 spiro atoms. The number of ether oxygens (including phenoxy) is 2. The highest BCUT2D eigenvalue weighted by atomic mass is 16.6. The van der Waals surface area contributed by atoms with Gasteiger partial charge < -0.3 is 14.6 Å². The average Bonchev–Trinajstić information content (AvgIpc) is 2.36. The number of carbonyl (C=O) groups excluding carboxylic acids is 2. The van der Waals surface area contributed by atoms with Gasteiger partial charge in [-0.15, -0.1) is 0 Å². The predicted molar refractivity (Wildman–Crippen MR) is 71.4 cm³/mol. The number of rotatable bonds is 8. The summed E-state index contributed by atoms with van der Waals surface area (Å²) in [6.07, 6.45) is -0.00773. The maximum atomic E-state index is 11.7. The van der Waals surface area contributed by atoms with Crippen molar-refractivity contribution in [1.29, 1.82) is 0 Å². The van der Waals surface area contributed by atoms with Crippen LogP contribution in [0.5, 0.6) is 0 Å². The van der Waals surface area contributed by atoms with E-state index >= 15 is 0 Å². The lowest BCUT2D eigenvalue weighted by Gasteiger charge is -2.21. The monoisotopic (exact) mass is 274 g/mol. The molecule has 0 aliphatic carbocycles. The van der Waals surface area contributed by atoms with Crippen molar-refractivity contribution >= 4 is 11.9 Å². The fourth-order valence-corrected chi connectivity index (χ4v) is 1.27. The van der Waals surface area contributed by atoms with E-state index in [1.54, 1.807) is 27.7 Å². The molecule has 0 unspecified atom stereocenters. The summed E-state index contributed by atoms with van der Waals surface area (Å²) in [5.41, 5.74) is 0. The highest BCUT2D eigenvalue weighted by Crippen LogP contribution is 2.12. The first kappa shape index (κ1) is 17.9. The van der Waals surface area contributed by atoms with Gasteiger partial charge in [0.1, 0.15) is 6.10 Å². The largest absolute Gasteiger partial charge is 0.465 e. The topological polar surface area (TPSA) is 72.8 Å². The maximum absolute atomic E-state index is 11.7. The van der Waals surface area contributed by atoms with Crippen molar-refractivity contribution in [2.45, 2.75) is 59.7 Å². The molecule has 0 aromatic rings. The maximum Gasteiger partial charge on any atom is 0.335 e. The standard InChI is InChI=1S/C14H26O5/c1-6-7-8-18-13(16)10(4)11(5)19-14(17)12(15)9(2)3/h9-12,15H,6-8H2,1-5H3/t10-,11+,12-/m0/s1. The number of hydrogen-bond acceptors (Lipinski definition) is 5. The van der Waals surface area contributed by atoms with E-state index in [1.807, 2.05) is 6.92 Å². The Morgan fingerprint density at radius 3 is 2.16 bits per heavy atom. The zero-order chi connectivity index (χ0) is 15.0. The van der Waals surface area contributed by atoms with E-state index in [1.165, 1.54) is 0 Å². The first-order valence-electron chi connectivity index (χ1n) is 6.86. The Bertz CT molecular complexity index is 288. The van der Waals surface area contributed by atoms with E-state index < -0.39 is 24.1 Å². The fraction of sp³-hybridized carbons (Fsp3) is 0.857. The molecule has 0 aliphatic rings. The summed E-state index contributed by atoms with van der Waals surface area (Å²) in [5.74, 6) is -1.84. The van der Waals surface area contributed by atoms with Crippen LogP contribution in [0.25, 0.3) is 0 Å². The summed E-state index contributed by atoms with van der Waals surface area (Å²) < 4.78 is 10.1. The lowest BCUT2D eigenvalue weighted by Crippen LogP contribution is -2.35. The van der Waals surface area contributed by atoms with Gasteiger partial charge in [0.2, 0.25) is 0 Å². The molecule has 0 bridgehead atoms. The van der Waals surface area contributed by atoms with E-state index in [0.29, 0.717) is 6.61 Å². The van der Waals surface area contributed by atoms with Crippen molar-refractivity contribution < 1.29 is 24.2 Å². The van der Waals surface area contributed by atoms with Gasteiger partial charge >= 0.3 is 11.9 Å². The van der Waals surface area contributed by atoms with Crippen LogP contribution < -0.4 is 0 Å². The highest BCUT2D eigenvalue weighted by Gasteiger charge is 2.28. The highest BCUT2D eigenvalue weighted by molar-refractivity contribution is 5.76. The number of aliphatic hydroxyl groups is 1. The third kappa shape index (κ3) is 6.57. The molecule has 0 aromatic heterocycles. The van der Waals surface area contributed by atoms with Gasteiger partial charge in [-0.25, -0.2) is 4.79 Å². The molecular weight excluding hydrogens is 248 g/mol. The van der Waals surface area contributed by atoms with Crippen molar-refractivity contribution in [1.82, 2.24) is 0 Å². The smallest absolute Gasteiger partial charge is 0.335 e. The van der Waals surface area contributed by atoms with Crippen LogP contribution in [0.3, 0.4) is 0 Å². The summed E-state index contributed by atoms with van der Waals surface area (Å²) in [4.78, 5) is 23.2. The molecule has 112 valence electrons. The van der Waals surface area contributed by atoms with Crippen LogP contribution >= 0.6 is 0 Å². The first-order chi connectivity index (χ1) is 8.81. The van der Waals surface area contributed by atoms with Crippen molar-refractivity contribution in [3.63, 3.8) is 0 Å². The quantitative estimate of drug-likeness (QED) is 0.540. The summed E-state index contributed by atoms with van der Waals surface area (Å²) >= 11 is 0. The van der Waals surface area contributed by atoms with Gasteiger partial charge in [0, 0.05) is 0 Å². The van der Waals surface area contributed by atoms with Crippen molar-refractivity contribution in [2.75, 3.05) is 6.61 Å². The molecule has 0 aliphatic heterocycles. The van der Waals surface area contributed by atoms with Gasteiger partial charge in [-0.05, 0) is 26.2 Å². The normalized spacial score (nSPS) is 15.7. The molecule has 1 N–H and O–H groups in total. The van der Waals surface area contributed by atoms with E-state index in [2.05, 4.69) is 0 Å². The average molecular weight is 274 g/mol. The Balaban J connectivity index is 4.22. The first-order valence-corrected chi connectivity index (χ1v) is 6.86. The van der Waals surface area contributed by atoms with Crippen LogP contribution in [0.1, 0.15) is 47.5 Å². The zero-order valence-electron chi connectivity index (χ0n) is 12.5. The molecule has 5 nitrogen and oxygen atoms in total. The molecule has 0 rings (SSSR count). The molecule has 0 fully saturated rings. The van der Waals surface area contributed by atoms with E-state index in [0.717, 1.165) is 12.8 Å². The van der Waals surface area contributed by atoms with Crippen LogP contribution in [0, 0.1) is 11.8 Å². The van der Waals surface area contributed by atoms with Gasteiger partial charge in [-0.3, -0.25) is 4.79 Å². The van der Waals surface area contributed by atoms with E-state index in [-0.39, 0.29) is 11.9 Å². The summed E-state index contributed by atoms with van der Waals surface area (Å²) in [6, 6.07) is 0. The number of carbonyl (C=O) groups is 2. The summed E-state index contributed by atoms with van der Waals surface area (Å²) in [5, 5.41) is 9.55. The Morgan fingerprint density at radius 1 is 1.11 bits per heavy atom. The molecule has 19 heavy (non-hydrogen) atoms. The summed E-state index contributed by atoms with van der Waals surface area (Å²) in [7, 11) is 0. The van der Waals surface area contributed by atoms with Crippen LogP contribution in [-0.4, -0.2) is 35.9 Å². The van der Waals surface area contributed by atoms with Gasteiger partial charge in [0.15, 0.2) is 6.10 Å². The minimum atomic E-state index is -1.16. The molecule has 0 radical (unpaired) electrons. The van der Waals surface area contributed by atoms with Gasteiger partial charge in [0.05, 0.1) is 12.5 Å². The molecule has 5 heteroatoms. The molecule has 0 saturated heterocycles. The Labute approximate surface area is 115 Å². The second-order valence-electron chi connectivity index (χ2n) is 5.14. The van der Waals surface area contributed by atoms with Gasteiger partial charge in [-0.2, -0.15) is 0 Å². The Hall–Kier alpha value is -1.10. The molecule has 0 heterocycles. The van der Waals surface area contributed by atoms with E-state index in [9.17, 15) is 14.7 Å². The fourth-order valence-electron chi connectivity index (χ4n) is 1.27. The second-order valence-corrected chi connectivity index (χ2v) is 5.14. The molecule has 0 amide bonds. The molecular formula is C14H26O5. The van der Waals surface area contributed by atoms with Crippen LogP contribution in [0.2, 0.25) is 0 Å². The Kier molecular flexibility index (Phi) is 8.39. The Morgan fingerprint density at radius 2 is 1.68 bits per heavy atom. The lowest BCUT2D eigenvalue weighted by molar-refractivity contribution is -0.168. The van der Waals surface area contributed by atoms with Crippen LogP contribution in [0.4, 0.5) is 0 Å². The lowest BCUT2D eigenvalue weighted by atomic mass is 10.1.